The average molecular weight is 207 g/mol. The van der Waals surface area contributed by atoms with E-state index < -0.39 is 4.92 Å². The zero-order valence-electron chi connectivity index (χ0n) is 7.75. The predicted molar refractivity (Wildman–Crippen MR) is 53.8 cm³/mol. The van der Waals surface area contributed by atoms with Crippen molar-refractivity contribution in [3.8, 4) is 12.1 Å². The van der Waals surface area contributed by atoms with Gasteiger partial charge in [0.25, 0.3) is 5.69 Å². The van der Waals surface area contributed by atoms with Crippen LogP contribution >= 0.6 is 0 Å². The number of nitrogens with two attached hydrogens (primary N) is 1. The number of hydrogen-bond acceptors (Lipinski definition) is 6. The Morgan fingerprint density at radius 1 is 1.20 bits per heavy atom. The van der Waals surface area contributed by atoms with Gasteiger partial charge >= 0.3 is 0 Å². The second-order valence-corrected chi connectivity index (χ2v) is 2.07. The van der Waals surface area contributed by atoms with Crippen LogP contribution in [0.25, 0.3) is 0 Å². The van der Waals surface area contributed by atoms with Gasteiger partial charge in [-0.3, -0.25) is 10.1 Å². The minimum absolute atomic E-state index is 0. The Bertz CT molecular complexity index is 375. The van der Waals surface area contributed by atoms with Crippen LogP contribution in [0.5, 0.6) is 0 Å². The lowest BCUT2D eigenvalue weighted by Crippen LogP contribution is -1.88. The highest BCUT2D eigenvalue weighted by Gasteiger charge is 2.00. The third kappa shape index (κ3) is 6.51. The van der Waals surface area contributed by atoms with Crippen LogP contribution in [0, 0.1) is 32.8 Å². The van der Waals surface area contributed by atoms with Gasteiger partial charge in [0.2, 0.25) is 0 Å². The van der Waals surface area contributed by atoms with Crippen molar-refractivity contribution in [2.45, 2.75) is 0 Å². The van der Waals surface area contributed by atoms with Gasteiger partial charge in [-0.1, -0.05) is 0 Å². The quantitative estimate of drug-likeness (QED) is 0.403. The highest BCUT2D eigenvalue weighted by atomic mass is 16.6. The van der Waals surface area contributed by atoms with E-state index in [0.29, 0.717) is 5.69 Å². The summed E-state index contributed by atoms with van der Waals surface area (Å²) in [6.07, 6.45) is 0. The van der Waals surface area contributed by atoms with Crippen molar-refractivity contribution >= 4 is 11.4 Å². The fraction of sp³-hybridized carbons (Fsp3) is 0. The summed E-state index contributed by atoms with van der Waals surface area (Å²) in [5.41, 5.74) is 5.90. The first-order valence-electron chi connectivity index (χ1n) is 3.40. The topological polar surface area (TPSA) is 152 Å². The lowest BCUT2D eigenvalue weighted by molar-refractivity contribution is -0.384. The maximum atomic E-state index is 10.1. The monoisotopic (exact) mass is 207 g/mol. The number of nitrogen functional groups attached to an aromatic ring is 1. The lowest BCUT2D eigenvalue weighted by atomic mass is 10.3. The Morgan fingerprint density at radius 3 is 1.87 bits per heavy atom. The summed E-state index contributed by atoms with van der Waals surface area (Å²) in [6.45, 7) is 0. The zero-order chi connectivity index (χ0) is 11.0. The van der Waals surface area contributed by atoms with Crippen LogP contribution in [0.15, 0.2) is 24.3 Å². The maximum Gasteiger partial charge on any atom is 0.269 e. The van der Waals surface area contributed by atoms with Crippen molar-refractivity contribution in [3.05, 3.63) is 34.4 Å². The highest BCUT2D eigenvalue weighted by molar-refractivity contribution is 5.44. The summed E-state index contributed by atoms with van der Waals surface area (Å²) < 4.78 is 0. The van der Waals surface area contributed by atoms with E-state index in [4.69, 9.17) is 16.3 Å². The molecule has 0 bridgehead atoms. The van der Waals surface area contributed by atoms with Gasteiger partial charge in [-0.05, 0) is 12.1 Å². The Kier molecular flexibility index (Phi) is 7.91. The fourth-order valence-corrected chi connectivity index (χ4v) is 0.596. The van der Waals surface area contributed by atoms with Crippen molar-refractivity contribution < 1.29 is 4.92 Å². The molecule has 0 aliphatic carbocycles. The number of nitro benzene ring substituents is 1. The van der Waals surface area contributed by atoms with Gasteiger partial charge < -0.3 is 11.9 Å². The number of benzene rings is 1. The molecule has 1 rings (SSSR count). The normalized spacial score (nSPS) is 6.80. The van der Waals surface area contributed by atoms with Crippen LogP contribution in [0.3, 0.4) is 0 Å². The molecule has 0 aliphatic rings. The van der Waals surface area contributed by atoms with Gasteiger partial charge in [0.05, 0.1) is 4.92 Å². The van der Waals surface area contributed by atoms with E-state index >= 15 is 0 Å². The standard InChI is InChI=1S/C6H6N2O2.C2N2.H3N/c7-5-1-3-6(4-2-5)8(9)10;3-1-2-4;/h1-4H,7H2;;1H3. The molecule has 1 aromatic rings. The minimum Gasteiger partial charge on any atom is -0.399 e. The van der Waals surface area contributed by atoms with Gasteiger partial charge in [-0.25, -0.2) is 0 Å². The molecule has 0 radical (unpaired) electrons. The first-order valence-corrected chi connectivity index (χ1v) is 3.40. The summed E-state index contributed by atoms with van der Waals surface area (Å²) in [5, 5.41) is 24.6. The first kappa shape index (κ1) is 14.9. The van der Waals surface area contributed by atoms with E-state index in [1.54, 1.807) is 0 Å². The Labute approximate surface area is 86.1 Å². The minimum atomic E-state index is -0.459. The molecule has 0 saturated carbocycles. The lowest BCUT2D eigenvalue weighted by Gasteiger charge is -1.90. The summed E-state index contributed by atoms with van der Waals surface area (Å²) in [4.78, 5) is 9.62. The van der Waals surface area contributed by atoms with Crippen LogP contribution in [0.2, 0.25) is 0 Å². The van der Waals surface area contributed by atoms with Gasteiger partial charge in [0.15, 0.2) is 12.1 Å². The Morgan fingerprint density at radius 2 is 1.60 bits per heavy atom. The van der Waals surface area contributed by atoms with Gasteiger partial charge in [-0.15, -0.1) is 0 Å². The molecule has 0 unspecified atom stereocenters. The SMILES string of the molecule is N.N#CC#N.Nc1ccc([N+](=O)[O-])cc1. The van der Waals surface area contributed by atoms with E-state index in [0.717, 1.165) is 0 Å². The number of nitro groups is 1. The Hall–Kier alpha value is -2.64. The van der Waals surface area contributed by atoms with E-state index in [1.165, 1.54) is 36.4 Å². The molecule has 5 N–H and O–H groups in total. The van der Waals surface area contributed by atoms with E-state index in [2.05, 4.69) is 0 Å². The number of non-ortho nitro benzene ring substituents is 1. The largest absolute Gasteiger partial charge is 0.399 e. The third-order valence-electron chi connectivity index (χ3n) is 1.15. The first-order chi connectivity index (χ1) is 6.61. The van der Waals surface area contributed by atoms with Crippen molar-refractivity contribution in [1.29, 1.82) is 10.5 Å². The molecule has 0 aromatic heterocycles. The van der Waals surface area contributed by atoms with Crippen LogP contribution in [0.4, 0.5) is 11.4 Å². The number of nitriles is 2. The predicted octanol–water partition coefficient (Wildman–Crippen LogP) is 1.37. The molecule has 0 fully saturated rings. The molecule has 0 heterocycles. The summed E-state index contributed by atoms with van der Waals surface area (Å²) in [5.74, 6) is 0. The van der Waals surface area contributed by atoms with Crippen molar-refractivity contribution in [2.24, 2.45) is 0 Å². The molecular weight excluding hydrogens is 198 g/mol. The summed E-state index contributed by atoms with van der Waals surface area (Å²) in [6, 6.07) is 8.21. The highest BCUT2D eigenvalue weighted by Crippen LogP contribution is 2.11. The van der Waals surface area contributed by atoms with Gasteiger partial charge in [0, 0.05) is 17.8 Å². The van der Waals surface area contributed by atoms with Crippen LogP contribution in [-0.4, -0.2) is 4.92 Å². The molecule has 0 aliphatic heterocycles. The smallest absolute Gasteiger partial charge is 0.269 e. The Balaban J connectivity index is 0. The molecule has 0 saturated heterocycles. The molecule has 0 amide bonds. The van der Waals surface area contributed by atoms with E-state index in [-0.39, 0.29) is 11.8 Å². The summed E-state index contributed by atoms with van der Waals surface area (Å²) >= 11 is 0. The molecular formula is C8H9N5O2. The second-order valence-electron chi connectivity index (χ2n) is 2.07. The van der Waals surface area contributed by atoms with Gasteiger partial charge in [-0.2, -0.15) is 10.5 Å². The van der Waals surface area contributed by atoms with E-state index in [9.17, 15) is 10.1 Å². The van der Waals surface area contributed by atoms with Crippen molar-refractivity contribution in [1.82, 2.24) is 6.15 Å². The van der Waals surface area contributed by atoms with Crippen LogP contribution in [-0.2, 0) is 0 Å². The van der Waals surface area contributed by atoms with E-state index in [1.807, 2.05) is 0 Å². The van der Waals surface area contributed by atoms with Gasteiger partial charge in [0.1, 0.15) is 0 Å². The average Bonchev–Trinajstić information content (AvgIpc) is 2.19. The number of anilines is 1. The second kappa shape index (κ2) is 7.98. The number of nitrogens with zero attached hydrogens (tertiary/aromatic N) is 3. The number of rotatable bonds is 1. The molecule has 78 valence electrons. The molecule has 0 spiro atoms. The molecule has 7 heteroatoms. The van der Waals surface area contributed by atoms with Crippen molar-refractivity contribution in [2.75, 3.05) is 5.73 Å². The zero-order valence-corrected chi connectivity index (χ0v) is 7.75. The molecule has 7 nitrogen and oxygen atoms in total. The summed E-state index contributed by atoms with van der Waals surface area (Å²) in [7, 11) is 0. The van der Waals surface area contributed by atoms with Crippen LogP contribution in [0.1, 0.15) is 0 Å². The number of hydrogen-bond donors (Lipinski definition) is 2. The maximum absolute atomic E-state index is 10.1. The fourth-order valence-electron chi connectivity index (χ4n) is 0.596. The third-order valence-corrected chi connectivity index (χ3v) is 1.15. The molecule has 1 aromatic carbocycles. The van der Waals surface area contributed by atoms with Crippen LogP contribution < -0.4 is 11.9 Å². The van der Waals surface area contributed by atoms with Crippen molar-refractivity contribution in [3.63, 3.8) is 0 Å². The molecule has 15 heavy (non-hydrogen) atoms. The molecule has 0 atom stereocenters.